The van der Waals surface area contributed by atoms with Crippen LogP contribution in [0, 0.1) is 0 Å². The van der Waals surface area contributed by atoms with Gasteiger partial charge in [-0.1, -0.05) is 0 Å². The smallest absolute Gasteiger partial charge is 0.306 e. The summed E-state index contributed by atoms with van der Waals surface area (Å²) in [6.45, 7) is 0.862. The molecule has 1 saturated heterocycles. The van der Waals surface area contributed by atoms with Gasteiger partial charge in [0.05, 0.1) is 19.1 Å². The minimum Gasteiger partial charge on any atom is -0.481 e. The quantitative estimate of drug-likeness (QED) is 0.836. The third-order valence-corrected chi connectivity index (χ3v) is 3.62. The second kappa shape index (κ2) is 6.86. The monoisotopic (exact) mass is 358 g/mol. The summed E-state index contributed by atoms with van der Waals surface area (Å²) in [6, 6.07) is 2.99. The van der Waals surface area contributed by atoms with E-state index in [1.165, 1.54) is 15.5 Å². The molecule has 7 nitrogen and oxygen atoms in total. The number of ether oxygens (including phenoxy) is 1. The molecule has 2 heterocycles. The van der Waals surface area contributed by atoms with E-state index in [9.17, 15) is 14.4 Å². The predicted octanol–water partition coefficient (Wildman–Crippen LogP) is 0.313. The predicted molar refractivity (Wildman–Crippen MR) is 77.0 cm³/mol. The molecule has 0 aliphatic carbocycles. The maximum Gasteiger partial charge on any atom is 0.306 e. The van der Waals surface area contributed by atoms with Crippen LogP contribution in [0.25, 0.3) is 0 Å². The molecule has 114 valence electrons. The number of hydrogen-bond acceptors (Lipinski definition) is 4. The van der Waals surface area contributed by atoms with E-state index in [0.717, 1.165) is 0 Å². The zero-order valence-corrected chi connectivity index (χ0v) is 12.8. The van der Waals surface area contributed by atoms with Crippen molar-refractivity contribution in [2.45, 2.75) is 19.1 Å². The van der Waals surface area contributed by atoms with E-state index >= 15 is 0 Å². The molecule has 1 N–H and O–H groups in total. The Morgan fingerprint density at radius 3 is 2.90 bits per heavy atom. The van der Waals surface area contributed by atoms with Crippen LogP contribution in [0.3, 0.4) is 0 Å². The largest absolute Gasteiger partial charge is 0.481 e. The maximum atomic E-state index is 12.2. The Hall–Kier alpha value is -1.67. The number of aromatic nitrogens is 1. The van der Waals surface area contributed by atoms with Gasteiger partial charge in [-0.05, 0) is 22.0 Å². The van der Waals surface area contributed by atoms with Gasteiger partial charge in [0.1, 0.15) is 6.54 Å². The summed E-state index contributed by atoms with van der Waals surface area (Å²) in [5.74, 6) is -1.19. The highest BCUT2D eigenvalue weighted by atomic mass is 79.9. The van der Waals surface area contributed by atoms with Gasteiger partial charge in [-0.2, -0.15) is 0 Å². The average molecular weight is 359 g/mol. The van der Waals surface area contributed by atoms with Crippen LogP contribution < -0.4 is 5.56 Å². The molecule has 1 atom stereocenters. The number of pyridine rings is 1. The Balaban J connectivity index is 2.01. The van der Waals surface area contributed by atoms with E-state index in [1.54, 1.807) is 12.3 Å². The molecular weight excluding hydrogens is 344 g/mol. The van der Waals surface area contributed by atoms with Crippen molar-refractivity contribution < 1.29 is 19.4 Å². The van der Waals surface area contributed by atoms with E-state index < -0.39 is 12.1 Å². The lowest BCUT2D eigenvalue weighted by Gasteiger charge is -2.32. The van der Waals surface area contributed by atoms with Crippen molar-refractivity contribution in [2.75, 3.05) is 19.7 Å². The van der Waals surface area contributed by atoms with Crippen LogP contribution in [0.1, 0.15) is 6.42 Å². The van der Waals surface area contributed by atoms with Gasteiger partial charge in [0, 0.05) is 29.8 Å². The fourth-order valence-corrected chi connectivity index (χ4v) is 2.51. The van der Waals surface area contributed by atoms with Crippen molar-refractivity contribution in [2.24, 2.45) is 0 Å². The standard InChI is InChI=1S/C13H15BrN2O5/c14-9-1-2-11(17)16(6-9)8-12(18)15-3-4-21-10(7-15)5-13(19)20/h1-2,6,10H,3-5,7-8H2,(H,19,20). The van der Waals surface area contributed by atoms with Gasteiger partial charge in [0.2, 0.25) is 5.91 Å². The molecule has 2 rings (SSSR count). The van der Waals surface area contributed by atoms with Gasteiger partial charge in [0.25, 0.3) is 5.56 Å². The first-order valence-corrected chi connectivity index (χ1v) is 7.22. The van der Waals surface area contributed by atoms with Gasteiger partial charge in [-0.3, -0.25) is 14.4 Å². The van der Waals surface area contributed by atoms with Gasteiger partial charge in [0.15, 0.2) is 0 Å². The van der Waals surface area contributed by atoms with Gasteiger partial charge in [-0.15, -0.1) is 0 Å². The molecule has 1 aromatic rings. The highest BCUT2D eigenvalue weighted by Crippen LogP contribution is 2.10. The van der Waals surface area contributed by atoms with Crippen LogP contribution in [0.5, 0.6) is 0 Å². The van der Waals surface area contributed by atoms with Crippen molar-refractivity contribution >= 4 is 27.8 Å². The van der Waals surface area contributed by atoms with Crippen molar-refractivity contribution in [1.82, 2.24) is 9.47 Å². The SMILES string of the molecule is O=C(O)CC1CN(C(=O)Cn2cc(Br)ccc2=O)CCO1. The first-order valence-electron chi connectivity index (χ1n) is 6.43. The van der Waals surface area contributed by atoms with Crippen LogP contribution in [0.4, 0.5) is 0 Å². The molecule has 0 radical (unpaired) electrons. The summed E-state index contributed by atoms with van der Waals surface area (Å²) in [5.41, 5.74) is -0.262. The second-order valence-corrected chi connectivity index (χ2v) is 5.66. The normalized spacial score (nSPS) is 18.5. The first-order chi connectivity index (χ1) is 9.95. The van der Waals surface area contributed by atoms with Crippen LogP contribution >= 0.6 is 15.9 Å². The number of aliphatic carboxylic acids is 1. The minimum atomic E-state index is -0.961. The van der Waals surface area contributed by atoms with E-state index in [1.807, 2.05) is 0 Å². The summed E-state index contributed by atoms with van der Waals surface area (Å²) in [5, 5.41) is 8.76. The van der Waals surface area contributed by atoms with E-state index in [2.05, 4.69) is 15.9 Å². The highest BCUT2D eigenvalue weighted by Gasteiger charge is 2.26. The van der Waals surface area contributed by atoms with Crippen LogP contribution in [0.15, 0.2) is 27.6 Å². The van der Waals surface area contributed by atoms with Crippen LogP contribution in [0.2, 0.25) is 0 Å². The average Bonchev–Trinajstić information content (AvgIpc) is 2.42. The van der Waals surface area contributed by atoms with Crippen LogP contribution in [-0.4, -0.2) is 52.3 Å². The Bertz CT molecular complexity index is 600. The minimum absolute atomic E-state index is 0.0714. The molecule has 1 amide bonds. The highest BCUT2D eigenvalue weighted by molar-refractivity contribution is 9.10. The number of carbonyl (C=O) groups is 2. The molecule has 1 unspecified atom stereocenters. The van der Waals surface area contributed by atoms with Gasteiger partial charge in [-0.25, -0.2) is 0 Å². The molecule has 1 aliphatic heterocycles. The zero-order valence-electron chi connectivity index (χ0n) is 11.2. The van der Waals surface area contributed by atoms with Crippen molar-refractivity contribution in [3.63, 3.8) is 0 Å². The Kier molecular flexibility index (Phi) is 5.13. The zero-order chi connectivity index (χ0) is 15.4. The van der Waals surface area contributed by atoms with Crippen molar-refractivity contribution in [1.29, 1.82) is 0 Å². The number of carbonyl (C=O) groups excluding carboxylic acids is 1. The summed E-state index contributed by atoms with van der Waals surface area (Å²) < 4.78 is 7.33. The van der Waals surface area contributed by atoms with Crippen molar-refractivity contribution in [3.05, 3.63) is 33.2 Å². The topological polar surface area (TPSA) is 88.8 Å². The van der Waals surface area contributed by atoms with E-state index in [-0.39, 0.29) is 31.0 Å². The van der Waals surface area contributed by atoms with E-state index in [4.69, 9.17) is 9.84 Å². The number of carboxylic acids is 1. The number of hydrogen-bond donors (Lipinski definition) is 1. The molecule has 1 aliphatic rings. The summed E-state index contributed by atoms with van der Waals surface area (Å²) in [7, 11) is 0. The number of morpholine rings is 1. The molecule has 0 spiro atoms. The van der Waals surface area contributed by atoms with Crippen LogP contribution in [-0.2, 0) is 20.9 Å². The lowest BCUT2D eigenvalue weighted by molar-refractivity contribution is -0.148. The lowest BCUT2D eigenvalue weighted by atomic mass is 10.2. The van der Waals surface area contributed by atoms with Gasteiger partial charge < -0.3 is 19.3 Å². The molecule has 0 saturated carbocycles. The number of amides is 1. The Morgan fingerprint density at radius 2 is 2.19 bits per heavy atom. The first kappa shape index (κ1) is 15.7. The lowest BCUT2D eigenvalue weighted by Crippen LogP contribution is -2.47. The van der Waals surface area contributed by atoms with Crippen molar-refractivity contribution in [3.8, 4) is 0 Å². The molecule has 1 fully saturated rings. The maximum absolute atomic E-state index is 12.2. The summed E-state index contributed by atoms with van der Waals surface area (Å²) in [6.07, 6.45) is 0.912. The third-order valence-electron chi connectivity index (χ3n) is 3.15. The Labute approximate surface area is 129 Å². The fourth-order valence-electron chi connectivity index (χ4n) is 2.14. The number of halogens is 1. The number of rotatable bonds is 4. The summed E-state index contributed by atoms with van der Waals surface area (Å²) in [4.78, 5) is 36.1. The van der Waals surface area contributed by atoms with Gasteiger partial charge >= 0.3 is 5.97 Å². The molecule has 0 bridgehead atoms. The second-order valence-electron chi connectivity index (χ2n) is 4.74. The molecule has 8 heteroatoms. The molecule has 1 aromatic heterocycles. The fraction of sp³-hybridized carbons (Fsp3) is 0.462. The molecule has 21 heavy (non-hydrogen) atoms. The molecular formula is C13H15BrN2O5. The third kappa shape index (κ3) is 4.40. The molecule has 0 aromatic carbocycles. The number of nitrogens with zero attached hydrogens (tertiary/aromatic N) is 2. The summed E-state index contributed by atoms with van der Waals surface area (Å²) >= 11 is 3.25. The van der Waals surface area contributed by atoms with E-state index in [0.29, 0.717) is 17.6 Å². The number of carboxylic acid groups (broad SMARTS) is 1. The Morgan fingerprint density at radius 1 is 1.43 bits per heavy atom.